The van der Waals surface area contributed by atoms with E-state index >= 15 is 0 Å². The van der Waals surface area contributed by atoms with Crippen LogP contribution in [0.15, 0.2) is 72.8 Å². The predicted octanol–water partition coefficient (Wildman–Crippen LogP) is 5.77. The highest BCUT2D eigenvalue weighted by molar-refractivity contribution is 5.87. The summed E-state index contributed by atoms with van der Waals surface area (Å²) in [7, 11) is 0. The molecule has 2 aromatic rings. The number of hydrogen-bond donors (Lipinski definition) is 0. The van der Waals surface area contributed by atoms with Gasteiger partial charge < -0.3 is 9.47 Å². The molecule has 2 aromatic carbocycles. The molecule has 0 radical (unpaired) electrons. The van der Waals surface area contributed by atoms with Crippen LogP contribution in [0, 0.1) is 0 Å². The van der Waals surface area contributed by atoms with E-state index in [2.05, 4.69) is 6.58 Å². The third-order valence-electron chi connectivity index (χ3n) is 5.01. The van der Waals surface area contributed by atoms with Gasteiger partial charge in [0.1, 0.15) is 6.10 Å². The Hall–Kier alpha value is -2.39. The van der Waals surface area contributed by atoms with Gasteiger partial charge in [0.2, 0.25) is 0 Å². The maximum absolute atomic E-state index is 12.5. The van der Waals surface area contributed by atoms with Crippen LogP contribution >= 0.6 is 0 Å². The Labute approximate surface area is 162 Å². The van der Waals surface area contributed by atoms with Crippen molar-refractivity contribution < 1.29 is 14.3 Å². The normalized spacial score (nSPS) is 15.9. The second-order valence-electron chi connectivity index (χ2n) is 7.17. The summed E-state index contributed by atoms with van der Waals surface area (Å²) in [5.74, 6) is -0.286. The maximum Gasteiger partial charge on any atom is 0.333 e. The monoisotopic (exact) mass is 364 g/mol. The molecule has 27 heavy (non-hydrogen) atoms. The van der Waals surface area contributed by atoms with E-state index in [1.54, 1.807) is 0 Å². The Kier molecular flexibility index (Phi) is 7.23. The van der Waals surface area contributed by atoms with Crippen molar-refractivity contribution in [1.29, 1.82) is 0 Å². The minimum atomic E-state index is -0.286. The molecule has 0 aromatic heterocycles. The minimum Gasteiger partial charge on any atom is -0.459 e. The number of ether oxygens (including phenoxy) is 2. The standard InChI is InChI=1S/C24H28O3/c1-19(24(25)27-22-15-9-4-10-16-22)17-23(21-13-7-3-8-14-21)26-18-20-11-5-2-6-12-20/h2-3,5-8,11-14,22-23H,1,4,9-10,15-18H2. The van der Waals surface area contributed by atoms with Crippen LogP contribution in [0.25, 0.3) is 0 Å². The average molecular weight is 364 g/mol. The van der Waals surface area contributed by atoms with Crippen molar-refractivity contribution in [2.75, 3.05) is 0 Å². The summed E-state index contributed by atoms with van der Waals surface area (Å²) < 4.78 is 11.8. The van der Waals surface area contributed by atoms with Gasteiger partial charge in [0.05, 0.1) is 12.7 Å². The summed E-state index contributed by atoms with van der Waals surface area (Å²) in [5, 5.41) is 0. The molecule has 3 heteroatoms. The zero-order valence-electron chi connectivity index (χ0n) is 15.8. The van der Waals surface area contributed by atoms with E-state index in [1.807, 2.05) is 60.7 Å². The maximum atomic E-state index is 12.5. The Morgan fingerprint density at radius 2 is 1.59 bits per heavy atom. The van der Waals surface area contributed by atoms with E-state index in [9.17, 15) is 4.79 Å². The summed E-state index contributed by atoms with van der Waals surface area (Å²) in [6, 6.07) is 20.0. The lowest BCUT2D eigenvalue weighted by molar-refractivity contribution is -0.146. The first kappa shape index (κ1) is 19.4. The largest absolute Gasteiger partial charge is 0.459 e. The van der Waals surface area contributed by atoms with E-state index in [0.29, 0.717) is 18.6 Å². The zero-order valence-corrected chi connectivity index (χ0v) is 15.8. The lowest BCUT2D eigenvalue weighted by atomic mass is 9.97. The van der Waals surface area contributed by atoms with Crippen molar-refractivity contribution >= 4 is 5.97 Å². The van der Waals surface area contributed by atoms with E-state index in [-0.39, 0.29) is 18.2 Å². The van der Waals surface area contributed by atoms with Crippen LogP contribution in [-0.2, 0) is 20.9 Å². The van der Waals surface area contributed by atoms with Crippen LogP contribution in [0.4, 0.5) is 0 Å². The van der Waals surface area contributed by atoms with Crippen LogP contribution in [-0.4, -0.2) is 12.1 Å². The second kappa shape index (κ2) is 10.1. The molecule has 1 aliphatic rings. The van der Waals surface area contributed by atoms with Crippen molar-refractivity contribution in [3.05, 3.63) is 83.9 Å². The molecule has 1 aliphatic carbocycles. The van der Waals surface area contributed by atoms with Gasteiger partial charge in [0.15, 0.2) is 0 Å². The molecule has 0 heterocycles. The Morgan fingerprint density at radius 3 is 2.26 bits per heavy atom. The SMILES string of the molecule is C=C(CC(OCc1ccccc1)c1ccccc1)C(=O)OC1CCCCC1. The van der Waals surface area contributed by atoms with Gasteiger partial charge in [-0.1, -0.05) is 73.7 Å². The van der Waals surface area contributed by atoms with Crippen LogP contribution in [0.3, 0.4) is 0 Å². The molecule has 1 unspecified atom stereocenters. The van der Waals surface area contributed by atoms with Gasteiger partial charge in [-0.25, -0.2) is 4.79 Å². The topological polar surface area (TPSA) is 35.5 Å². The number of carbonyl (C=O) groups excluding carboxylic acids is 1. The van der Waals surface area contributed by atoms with Gasteiger partial charge in [0.25, 0.3) is 0 Å². The fraction of sp³-hybridized carbons (Fsp3) is 0.375. The molecule has 1 saturated carbocycles. The molecular formula is C24H28O3. The molecule has 1 fully saturated rings. The van der Waals surface area contributed by atoms with Gasteiger partial charge in [-0.3, -0.25) is 0 Å². The molecule has 0 amide bonds. The van der Waals surface area contributed by atoms with Gasteiger partial charge in [0, 0.05) is 12.0 Å². The van der Waals surface area contributed by atoms with Crippen molar-refractivity contribution in [2.45, 2.75) is 57.3 Å². The van der Waals surface area contributed by atoms with Gasteiger partial charge >= 0.3 is 5.97 Å². The fourth-order valence-electron chi connectivity index (χ4n) is 3.44. The molecule has 142 valence electrons. The lowest BCUT2D eigenvalue weighted by Gasteiger charge is -2.23. The minimum absolute atomic E-state index is 0.0448. The number of hydrogen-bond acceptors (Lipinski definition) is 3. The summed E-state index contributed by atoms with van der Waals surface area (Å²) in [6.45, 7) is 4.48. The highest BCUT2D eigenvalue weighted by Gasteiger charge is 2.22. The molecule has 0 spiro atoms. The molecule has 3 rings (SSSR count). The number of benzene rings is 2. The first-order valence-electron chi connectivity index (χ1n) is 9.81. The molecule has 0 bridgehead atoms. The summed E-state index contributed by atoms with van der Waals surface area (Å²) in [6.07, 6.45) is 5.69. The quantitative estimate of drug-likeness (QED) is 0.441. The molecule has 0 saturated heterocycles. The number of carbonyl (C=O) groups is 1. The smallest absolute Gasteiger partial charge is 0.333 e. The first-order chi connectivity index (χ1) is 13.2. The molecule has 3 nitrogen and oxygen atoms in total. The van der Waals surface area contributed by atoms with E-state index in [1.165, 1.54) is 6.42 Å². The predicted molar refractivity (Wildman–Crippen MR) is 107 cm³/mol. The Bertz CT molecular complexity index is 718. The van der Waals surface area contributed by atoms with Gasteiger partial charge in [-0.2, -0.15) is 0 Å². The zero-order chi connectivity index (χ0) is 18.9. The van der Waals surface area contributed by atoms with Crippen LogP contribution in [0.2, 0.25) is 0 Å². The summed E-state index contributed by atoms with van der Waals surface area (Å²) in [4.78, 5) is 12.5. The average Bonchev–Trinajstić information content (AvgIpc) is 2.73. The van der Waals surface area contributed by atoms with Crippen molar-refractivity contribution in [1.82, 2.24) is 0 Å². The summed E-state index contributed by atoms with van der Waals surface area (Å²) >= 11 is 0. The Balaban J connectivity index is 1.61. The molecule has 0 aliphatic heterocycles. The Morgan fingerprint density at radius 1 is 0.963 bits per heavy atom. The van der Waals surface area contributed by atoms with Crippen LogP contribution in [0.1, 0.15) is 55.8 Å². The van der Waals surface area contributed by atoms with E-state index in [4.69, 9.17) is 9.47 Å². The fourth-order valence-corrected chi connectivity index (χ4v) is 3.44. The van der Waals surface area contributed by atoms with Crippen LogP contribution in [0.5, 0.6) is 0 Å². The molecule has 1 atom stereocenters. The van der Waals surface area contributed by atoms with Crippen molar-refractivity contribution in [3.8, 4) is 0 Å². The molecular weight excluding hydrogens is 336 g/mol. The van der Waals surface area contributed by atoms with E-state index in [0.717, 1.165) is 36.8 Å². The number of esters is 1. The highest BCUT2D eigenvalue weighted by atomic mass is 16.5. The first-order valence-corrected chi connectivity index (χ1v) is 9.81. The third-order valence-corrected chi connectivity index (χ3v) is 5.01. The van der Waals surface area contributed by atoms with Gasteiger partial charge in [-0.15, -0.1) is 0 Å². The van der Waals surface area contributed by atoms with E-state index < -0.39 is 0 Å². The second-order valence-corrected chi connectivity index (χ2v) is 7.17. The van der Waals surface area contributed by atoms with Gasteiger partial charge in [-0.05, 0) is 36.8 Å². The van der Waals surface area contributed by atoms with Crippen LogP contribution < -0.4 is 0 Å². The third kappa shape index (κ3) is 6.07. The summed E-state index contributed by atoms with van der Waals surface area (Å²) in [5.41, 5.74) is 2.62. The number of rotatable bonds is 8. The lowest BCUT2D eigenvalue weighted by Crippen LogP contribution is -2.22. The highest BCUT2D eigenvalue weighted by Crippen LogP contribution is 2.27. The molecule has 0 N–H and O–H groups in total. The van der Waals surface area contributed by atoms with Crippen molar-refractivity contribution in [3.63, 3.8) is 0 Å². The van der Waals surface area contributed by atoms with Crippen molar-refractivity contribution in [2.24, 2.45) is 0 Å².